The number of methoxy groups -OCH3 is 2. The molecule has 2 aliphatic carbocycles. The Kier molecular flexibility index (Phi) is 2.99. The Morgan fingerprint density at radius 2 is 2.12 bits per heavy atom. The molecular weight excluding hydrogens is 318 g/mol. The third kappa shape index (κ3) is 1.52. The molecule has 2 fully saturated rings. The average molecular weight is 343 g/mol. The predicted molar refractivity (Wildman–Crippen MR) is 92.4 cm³/mol. The molecule has 2 bridgehead atoms. The first-order chi connectivity index (χ1) is 12.0. The number of carbonyl (C=O) groups is 1. The van der Waals surface area contributed by atoms with Gasteiger partial charge in [-0.15, -0.1) is 0 Å². The van der Waals surface area contributed by atoms with Gasteiger partial charge in [-0.05, 0) is 44.5 Å². The second-order valence-corrected chi connectivity index (χ2v) is 8.15. The van der Waals surface area contributed by atoms with E-state index in [1.807, 2.05) is 20.1 Å². The number of Topliss-reactive ketones (excluding diaryl/α,β-unsaturated/α-hetero) is 1. The zero-order valence-corrected chi connectivity index (χ0v) is 15.3. The van der Waals surface area contributed by atoms with E-state index in [-0.39, 0.29) is 28.8 Å². The smallest absolute Gasteiger partial charge is 0.177 e. The van der Waals surface area contributed by atoms with Crippen LogP contribution >= 0.6 is 0 Å². The summed E-state index contributed by atoms with van der Waals surface area (Å²) in [6.45, 7) is 2.97. The Morgan fingerprint density at radius 1 is 1.32 bits per heavy atom. The number of likely N-dealkylation sites (N-methyl/N-ethyl adjacent to an activating group) is 1. The highest BCUT2D eigenvalue weighted by atomic mass is 16.5. The number of nitrogens with zero attached hydrogens (tertiary/aromatic N) is 1. The van der Waals surface area contributed by atoms with Crippen molar-refractivity contribution >= 4 is 5.78 Å². The maximum absolute atomic E-state index is 13.2. The Labute approximate surface area is 148 Å². The molecule has 25 heavy (non-hydrogen) atoms. The molecule has 0 radical (unpaired) electrons. The molecule has 0 aromatic heterocycles. The van der Waals surface area contributed by atoms with E-state index in [1.54, 1.807) is 7.11 Å². The number of ketones is 1. The third-order valence-electron chi connectivity index (χ3n) is 7.37. The molecule has 5 nitrogen and oxygen atoms in total. The summed E-state index contributed by atoms with van der Waals surface area (Å²) in [6.07, 6.45) is 2.10. The highest BCUT2D eigenvalue weighted by molar-refractivity contribution is 5.91. The van der Waals surface area contributed by atoms with Crippen LogP contribution in [0.1, 0.15) is 30.9 Å². The molecular formula is C20H25NO4. The normalized spacial score (nSPS) is 41.3. The van der Waals surface area contributed by atoms with Gasteiger partial charge in [0.05, 0.1) is 18.1 Å². The van der Waals surface area contributed by atoms with Crippen molar-refractivity contribution in [2.45, 2.75) is 49.3 Å². The first-order valence-corrected chi connectivity index (χ1v) is 9.16. The molecule has 1 spiro atoms. The number of hydrogen-bond acceptors (Lipinski definition) is 5. The van der Waals surface area contributed by atoms with Crippen molar-refractivity contribution in [3.63, 3.8) is 0 Å². The average Bonchev–Trinajstić information content (AvgIpc) is 2.96. The quantitative estimate of drug-likeness (QED) is 0.821. The van der Waals surface area contributed by atoms with Gasteiger partial charge in [0.1, 0.15) is 0 Å². The standard InChI is InChI=1S/C20H25NO4/c1-11-10-20(24-4)14-9-12-5-6-13(23-3)17-15(12)19(20,7-8-21(14)2)18(25-17)16(11)22/h5-6,11,14,18H,7-10H2,1-4H3/t11-,14+,18-,19-,20+/m0/s1. The lowest BCUT2D eigenvalue weighted by atomic mass is 9.47. The van der Waals surface area contributed by atoms with Crippen molar-refractivity contribution in [1.82, 2.24) is 4.90 Å². The van der Waals surface area contributed by atoms with Gasteiger partial charge in [-0.1, -0.05) is 13.0 Å². The Morgan fingerprint density at radius 3 is 2.84 bits per heavy atom. The van der Waals surface area contributed by atoms with Crippen molar-refractivity contribution in [2.75, 3.05) is 27.8 Å². The maximum atomic E-state index is 13.2. The van der Waals surface area contributed by atoms with Crippen molar-refractivity contribution in [3.8, 4) is 11.5 Å². The van der Waals surface area contributed by atoms with E-state index in [4.69, 9.17) is 14.2 Å². The van der Waals surface area contributed by atoms with Crippen molar-refractivity contribution < 1.29 is 19.0 Å². The van der Waals surface area contributed by atoms with Crippen LogP contribution in [0, 0.1) is 5.92 Å². The van der Waals surface area contributed by atoms with Crippen LogP contribution in [0.3, 0.4) is 0 Å². The molecule has 2 aliphatic heterocycles. The molecule has 134 valence electrons. The van der Waals surface area contributed by atoms with E-state index in [9.17, 15) is 4.79 Å². The van der Waals surface area contributed by atoms with Gasteiger partial charge < -0.3 is 19.1 Å². The zero-order valence-electron chi connectivity index (χ0n) is 15.3. The lowest BCUT2D eigenvalue weighted by molar-refractivity contribution is -0.205. The molecule has 0 amide bonds. The summed E-state index contributed by atoms with van der Waals surface area (Å²) in [5.41, 5.74) is 1.69. The number of hydrogen-bond donors (Lipinski definition) is 0. The Bertz CT molecular complexity index is 777. The van der Waals surface area contributed by atoms with Gasteiger partial charge in [0.25, 0.3) is 0 Å². The van der Waals surface area contributed by atoms with Crippen LogP contribution < -0.4 is 9.47 Å². The molecule has 5 heteroatoms. The molecule has 2 heterocycles. The highest BCUT2D eigenvalue weighted by Gasteiger charge is 2.74. The van der Waals surface area contributed by atoms with Gasteiger partial charge in [0.15, 0.2) is 23.4 Å². The molecule has 1 aromatic carbocycles. The minimum atomic E-state index is -0.460. The van der Waals surface area contributed by atoms with Gasteiger partial charge in [-0.2, -0.15) is 0 Å². The van der Waals surface area contributed by atoms with E-state index >= 15 is 0 Å². The van der Waals surface area contributed by atoms with Gasteiger partial charge in [-0.25, -0.2) is 0 Å². The van der Waals surface area contributed by atoms with Gasteiger partial charge in [-0.3, -0.25) is 4.79 Å². The lowest BCUT2D eigenvalue weighted by Gasteiger charge is -2.64. The summed E-state index contributed by atoms with van der Waals surface area (Å²) >= 11 is 0. The lowest BCUT2D eigenvalue weighted by Crippen LogP contribution is -2.77. The van der Waals surface area contributed by atoms with Crippen LogP contribution in [0.2, 0.25) is 0 Å². The minimum absolute atomic E-state index is 0.0612. The maximum Gasteiger partial charge on any atom is 0.177 e. The molecule has 0 N–H and O–H groups in total. The highest BCUT2D eigenvalue weighted by Crippen LogP contribution is 2.66. The van der Waals surface area contributed by atoms with Gasteiger partial charge >= 0.3 is 0 Å². The van der Waals surface area contributed by atoms with Gasteiger partial charge in [0, 0.05) is 24.6 Å². The first kappa shape index (κ1) is 15.6. The number of piperidine rings is 1. The summed E-state index contributed by atoms with van der Waals surface area (Å²) in [5.74, 6) is 1.65. The fourth-order valence-electron chi connectivity index (χ4n) is 6.32. The second kappa shape index (κ2) is 4.77. The van der Waals surface area contributed by atoms with Crippen LogP contribution in [0.25, 0.3) is 0 Å². The molecule has 1 aromatic rings. The fraction of sp³-hybridized carbons (Fsp3) is 0.650. The summed E-state index contributed by atoms with van der Waals surface area (Å²) in [4.78, 5) is 15.6. The van der Waals surface area contributed by atoms with Crippen LogP contribution in [0.5, 0.6) is 11.5 Å². The van der Waals surface area contributed by atoms with E-state index in [0.29, 0.717) is 0 Å². The first-order valence-electron chi connectivity index (χ1n) is 9.16. The Hall–Kier alpha value is -1.59. The number of likely N-dealkylation sites (tertiary alicyclic amines) is 1. The van der Waals surface area contributed by atoms with E-state index < -0.39 is 6.10 Å². The second-order valence-electron chi connectivity index (χ2n) is 8.15. The van der Waals surface area contributed by atoms with Crippen LogP contribution in [-0.2, 0) is 21.4 Å². The molecule has 5 atom stereocenters. The van der Waals surface area contributed by atoms with E-state index in [0.717, 1.165) is 37.3 Å². The monoisotopic (exact) mass is 343 g/mol. The zero-order chi connectivity index (χ0) is 17.6. The molecule has 4 aliphatic rings. The van der Waals surface area contributed by atoms with Crippen LogP contribution in [-0.4, -0.2) is 56.2 Å². The van der Waals surface area contributed by atoms with Crippen LogP contribution in [0.15, 0.2) is 12.1 Å². The summed E-state index contributed by atoms with van der Waals surface area (Å²) in [7, 11) is 5.66. The van der Waals surface area contributed by atoms with Crippen molar-refractivity contribution in [2.24, 2.45) is 5.92 Å². The largest absolute Gasteiger partial charge is 0.493 e. The summed E-state index contributed by atoms with van der Waals surface area (Å²) in [5, 5.41) is 0. The number of benzene rings is 1. The molecule has 5 rings (SSSR count). The number of ether oxygens (including phenoxy) is 3. The van der Waals surface area contributed by atoms with E-state index in [2.05, 4.69) is 18.0 Å². The van der Waals surface area contributed by atoms with E-state index in [1.165, 1.54) is 11.1 Å². The van der Waals surface area contributed by atoms with Gasteiger partial charge in [0.2, 0.25) is 0 Å². The number of carbonyl (C=O) groups excluding carboxylic acids is 1. The SMILES string of the molecule is COc1ccc2c3c1O[C@H]1C(=O)[C@@H](C)C[C@@]4(OC)[C@@H](C2)N(C)CC[C@]314. The third-order valence-corrected chi connectivity index (χ3v) is 7.37. The Balaban J connectivity index is 1.86. The molecule has 0 unspecified atom stereocenters. The van der Waals surface area contributed by atoms with Crippen LogP contribution in [0.4, 0.5) is 0 Å². The number of rotatable bonds is 2. The summed E-state index contributed by atoms with van der Waals surface area (Å²) < 4.78 is 18.3. The van der Waals surface area contributed by atoms with Crippen molar-refractivity contribution in [3.05, 3.63) is 23.3 Å². The van der Waals surface area contributed by atoms with Crippen molar-refractivity contribution in [1.29, 1.82) is 0 Å². The molecule has 1 saturated carbocycles. The molecule has 1 saturated heterocycles. The fourth-order valence-corrected chi connectivity index (χ4v) is 6.32. The minimum Gasteiger partial charge on any atom is -0.493 e. The summed E-state index contributed by atoms with van der Waals surface area (Å²) in [6, 6.07) is 4.39. The predicted octanol–water partition coefficient (Wildman–Crippen LogP) is 1.95. The topological polar surface area (TPSA) is 48.0 Å².